The highest BCUT2D eigenvalue weighted by molar-refractivity contribution is 7.46. The van der Waals surface area contributed by atoms with Crippen molar-refractivity contribution in [3.63, 3.8) is 0 Å². The van der Waals surface area contributed by atoms with Crippen molar-refractivity contribution in [3.8, 4) is 0 Å². The van der Waals surface area contributed by atoms with E-state index in [4.69, 9.17) is 19.3 Å². The number of rotatable bonds is 39. The van der Waals surface area contributed by atoms with Gasteiger partial charge in [-0.05, 0) is 70.6 Å². The molecule has 57 heavy (non-hydrogen) atoms. The van der Waals surface area contributed by atoms with Gasteiger partial charge in [-0.3, -0.25) is 14.1 Å². The number of allylic oxidation sites excluding steroid dienone is 12. The Morgan fingerprint density at radius 2 is 1.09 bits per heavy atom. The SMILES string of the molecule is CC/C=C\CC(O)/C=C/C=C/C/C=C\C/C=C\C/C=C\CCC(=O)O[C@H](COC(=O)CCCCCCCCCCC/C=C\CCCCCCCC)COP(=O)(O)O. The number of hydrogen-bond acceptors (Lipinski definition) is 7. The molecule has 0 saturated carbocycles. The fraction of sp³-hybridized carbons (Fsp3) is 0.660. The minimum Gasteiger partial charge on any atom is -0.462 e. The topological polar surface area (TPSA) is 140 Å². The second kappa shape index (κ2) is 41.4. The molecule has 0 bridgehead atoms. The van der Waals surface area contributed by atoms with Crippen LogP contribution in [0.25, 0.3) is 0 Å². The molecule has 0 aliphatic rings. The van der Waals surface area contributed by atoms with Gasteiger partial charge in [0.1, 0.15) is 6.61 Å². The summed E-state index contributed by atoms with van der Waals surface area (Å²) < 4.78 is 26.3. The van der Waals surface area contributed by atoms with E-state index in [1.807, 2.05) is 48.6 Å². The number of esters is 2. The second-order valence-corrected chi connectivity index (χ2v) is 15.7. The number of ether oxygens (including phenoxy) is 2. The largest absolute Gasteiger partial charge is 0.469 e. The Balaban J connectivity index is 4.07. The monoisotopic (exact) mass is 819 g/mol. The van der Waals surface area contributed by atoms with Gasteiger partial charge in [-0.1, -0.05) is 176 Å². The third-order valence-corrected chi connectivity index (χ3v) is 9.48. The van der Waals surface area contributed by atoms with Crippen LogP contribution in [0.1, 0.15) is 174 Å². The Hall–Kier alpha value is -2.81. The van der Waals surface area contributed by atoms with E-state index in [-0.39, 0.29) is 19.4 Å². The molecule has 0 radical (unpaired) electrons. The molecule has 0 aromatic carbocycles. The van der Waals surface area contributed by atoms with Crippen molar-refractivity contribution in [2.45, 2.75) is 187 Å². The molecule has 2 atom stereocenters. The van der Waals surface area contributed by atoms with Gasteiger partial charge >= 0.3 is 19.8 Å². The van der Waals surface area contributed by atoms with E-state index in [0.717, 1.165) is 44.9 Å². The van der Waals surface area contributed by atoms with Gasteiger partial charge in [0.05, 0.1) is 12.7 Å². The summed E-state index contributed by atoms with van der Waals surface area (Å²) in [7, 11) is -4.79. The lowest BCUT2D eigenvalue weighted by atomic mass is 10.1. The molecular weight excluding hydrogens is 739 g/mol. The molecule has 326 valence electrons. The standard InChI is InChI=1S/C47H79O9P/c1-3-5-7-8-9-10-11-12-13-14-15-16-17-20-23-26-29-32-36-40-46(49)54-42-45(43-55-57(51,52)53)56-47(50)41-37-33-30-27-24-21-18-19-22-25-28-31-35-39-44(48)38-34-6-4-2/h6,12-13,19,21-22,24,28,30-31,33-35,39,44-45,48H,3-5,7-11,14-18,20,23,25-27,29,32,36-38,40-43H2,1-2H3,(H2,51,52,53)/b13-12-,22-19-,24-21-,31-28+,33-30-,34-6-,39-35+/t44?,45-/m1/s1. The Bertz CT molecular complexity index is 1210. The lowest BCUT2D eigenvalue weighted by Crippen LogP contribution is -2.29. The van der Waals surface area contributed by atoms with E-state index >= 15 is 0 Å². The summed E-state index contributed by atoms with van der Waals surface area (Å²) >= 11 is 0. The zero-order chi connectivity index (χ0) is 41.9. The first-order valence-corrected chi connectivity index (χ1v) is 23.5. The molecule has 1 unspecified atom stereocenters. The number of carbonyl (C=O) groups excluding carboxylic acids is 2. The van der Waals surface area contributed by atoms with Crippen LogP contribution in [0.15, 0.2) is 85.1 Å². The van der Waals surface area contributed by atoms with Gasteiger partial charge in [0, 0.05) is 12.8 Å². The van der Waals surface area contributed by atoms with Gasteiger partial charge in [0.25, 0.3) is 0 Å². The molecule has 10 heteroatoms. The summed E-state index contributed by atoms with van der Waals surface area (Å²) in [6.07, 6.45) is 52.2. The van der Waals surface area contributed by atoms with Gasteiger partial charge in [-0.2, -0.15) is 0 Å². The van der Waals surface area contributed by atoms with Gasteiger partial charge in [0.2, 0.25) is 0 Å². The molecule has 0 saturated heterocycles. The number of hydrogen-bond donors (Lipinski definition) is 3. The maximum absolute atomic E-state index is 12.4. The third-order valence-electron chi connectivity index (χ3n) is 8.99. The minimum absolute atomic E-state index is 0.0670. The Labute approximate surface area is 346 Å². The van der Waals surface area contributed by atoms with Crippen LogP contribution >= 0.6 is 7.82 Å². The number of unbranched alkanes of at least 4 members (excludes halogenated alkanes) is 15. The number of aliphatic hydroxyl groups excluding tert-OH is 1. The molecule has 0 aliphatic carbocycles. The molecule has 0 heterocycles. The predicted molar refractivity (Wildman–Crippen MR) is 236 cm³/mol. The molecule has 0 aliphatic heterocycles. The maximum atomic E-state index is 12.4. The third kappa shape index (κ3) is 44.1. The van der Waals surface area contributed by atoms with E-state index in [2.05, 4.69) is 48.8 Å². The van der Waals surface area contributed by atoms with Crippen LogP contribution in [-0.4, -0.2) is 52.3 Å². The van der Waals surface area contributed by atoms with Crippen LogP contribution in [0.2, 0.25) is 0 Å². The molecule has 0 amide bonds. The van der Waals surface area contributed by atoms with E-state index < -0.39 is 38.6 Å². The van der Waals surface area contributed by atoms with Crippen molar-refractivity contribution in [3.05, 3.63) is 85.1 Å². The van der Waals surface area contributed by atoms with Gasteiger partial charge in [0.15, 0.2) is 6.10 Å². The smallest absolute Gasteiger partial charge is 0.462 e. The molecule has 9 nitrogen and oxygen atoms in total. The van der Waals surface area contributed by atoms with Crippen LogP contribution in [0.5, 0.6) is 0 Å². The van der Waals surface area contributed by atoms with Crippen molar-refractivity contribution < 1.29 is 43.0 Å². The molecule has 0 aromatic heterocycles. The zero-order valence-electron chi connectivity index (χ0n) is 35.6. The number of phosphoric ester groups is 1. The van der Waals surface area contributed by atoms with Crippen LogP contribution in [-0.2, 0) is 28.2 Å². The number of aliphatic hydroxyl groups is 1. The van der Waals surface area contributed by atoms with Crippen LogP contribution in [0, 0.1) is 0 Å². The number of carbonyl (C=O) groups is 2. The van der Waals surface area contributed by atoms with E-state index in [1.54, 1.807) is 6.08 Å². The first-order valence-electron chi connectivity index (χ1n) is 22.0. The summed E-state index contributed by atoms with van der Waals surface area (Å²) in [5, 5.41) is 9.82. The van der Waals surface area contributed by atoms with E-state index in [0.29, 0.717) is 19.3 Å². The van der Waals surface area contributed by atoms with Gasteiger partial charge in [-0.15, -0.1) is 0 Å². The molecule has 0 rings (SSSR count). The van der Waals surface area contributed by atoms with Crippen LogP contribution in [0.3, 0.4) is 0 Å². The Kier molecular flexibility index (Phi) is 39.3. The van der Waals surface area contributed by atoms with Crippen molar-refractivity contribution in [1.29, 1.82) is 0 Å². The van der Waals surface area contributed by atoms with Crippen molar-refractivity contribution >= 4 is 19.8 Å². The molecule has 3 N–H and O–H groups in total. The molecule has 0 spiro atoms. The van der Waals surface area contributed by atoms with Gasteiger partial charge < -0.3 is 24.4 Å². The first kappa shape index (κ1) is 54.2. The first-order chi connectivity index (χ1) is 27.7. The lowest BCUT2D eigenvalue weighted by molar-refractivity contribution is -0.161. The van der Waals surface area contributed by atoms with Crippen molar-refractivity contribution in [2.75, 3.05) is 13.2 Å². The van der Waals surface area contributed by atoms with Crippen molar-refractivity contribution in [2.24, 2.45) is 0 Å². The normalized spacial score (nSPS) is 13.8. The minimum atomic E-state index is -4.79. The van der Waals surface area contributed by atoms with Gasteiger partial charge in [-0.25, -0.2) is 4.57 Å². The summed E-state index contributed by atoms with van der Waals surface area (Å²) in [5.74, 6) is -1.01. The summed E-state index contributed by atoms with van der Waals surface area (Å²) in [5.41, 5.74) is 0. The average molecular weight is 819 g/mol. The average Bonchev–Trinajstić information content (AvgIpc) is 3.18. The summed E-state index contributed by atoms with van der Waals surface area (Å²) in [4.78, 5) is 42.9. The lowest BCUT2D eigenvalue weighted by Gasteiger charge is -2.18. The van der Waals surface area contributed by atoms with E-state index in [9.17, 15) is 19.3 Å². The summed E-state index contributed by atoms with van der Waals surface area (Å²) in [6, 6.07) is 0. The zero-order valence-corrected chi connectivity index (χ0v) is 36.5. The van der Waals surface area contributed by atoms with E-state index in [1.165, 1.54) is 83.5 Å². The fourth-order valence-electron chi connectivity index (χ4n) is 5.71. The Morgan fingerprint density at radius 1 is 0.561 bits per heavy atom. The predicted octanol–water partition coefficient (Wildman–Crippen LogP) is 12.6. The molecule has 0 aromatic rings. The molecule has 0 fully saturated rings. The maximum Gasteiger partial charge on any atom is 0.469 e. The molecular formula is C47H79O9P. The quantitative estimate of drug-likeness (QED) is 0.0182. The van der Waals surface area contributed by atoms with Crippen molar-refractivity contribution in [1.82, 2.24) is 0 Å². The highest BCUT2D eigenvalue weighted by Gasteiger charge is 2.22. The Morgan fingerprint density at radius 3 is 1.67 bits per heavy atom. The van der Waals surface area contributed by atoms with Crippen LogP contribution < -0.4 is 0 Å². The highest BCUT2D eigenvalue weighted by Crippen LogP contribution is 2.36. The number of phosphoric acid groups is 1. The fourth-order valence-corrected chi connectivity index (χ4v) is 6.07. The second-order valence-electron chi connectivity index (χ2n) is 14.5. The van der Waals surface area contributed by atoms with Crippen LogP contribution in [0.4, 0.5) is 0 Å². The summed E-state index contributed by atoms with van der Waals surface area (Å²) in [6.45, 7) is 3.41. The highest BCUT2D eigenvalue weighted by atomic mass is 31.2.